The lowest BCUT2D eigenvalue weighted by Gasteiger charge is -2.16. The summed E-state index contributed by atoms with van der Waals surface area (Å²) >= 11 is 0. The predicted molar refractivity (Wildman–Crippen MR) is 152 cm³/mol. The molecule has 0 radical (unpaired) electrons. The number of carbonyl (C=O) groups excluding carboxylic acids is 1. The SMILES string of the molecule is Nc1ncnc2c1c(/C=C/C(=O)NCCNc1ncnc3nc[nH]c13)cn2[C@H]1CC(O)=C(COP(=O)(O)n2ccnc2)O1. The number of aromatic amines is 1. The highest BCUT2D eigenvalue weighted by molar-refractivity contribution is 7.51. The maximum Gasteiger partial charge on any atom is 0.437 e. The average Bonchev–Trinajstić information content (AvgIpc) is 3.80. The van der Waals surface area contributed by atoms with E-state index in [9.17, 15) is 19.4 Å². The van der Waals surface area contributed by atoms with Crippen molar-refractivity contribution in [1.82, 2.24) is 49.1 Å². The van der Waals surface area contributed by atoms with Crippen LogP contribution in [0.2, 0.25) is 0 Å². The Morgan fingerprint density at radius 3 is 2.95 bits per heavy atom. The molecule has 1 unspecified atom stereocenters. The molecule has 0 bridgehead atoms. The first kappa shape index (κ1) is 27.8. The molecule has 0 saturated heterocycles. The zero-order valence-corrected chi connectivity index (χ0v) is 23.1. The third-order valence-corrected chi connectivity index (χ3v) is 7.73. The van der Waals surface area contributed by atoms with Crippen LogP contribution < -0.4 is 16.4 Å². The van der Waals surface area contributed by atoms with Gasteiger partial charge in [-0.3, -0.25) is 13.9 Å². The number of ether oxygens (including phenoxy) is 1. The van der Waals surface area contributed by atoms with E-state index in [1.807, 2.05) is 0 Å². The van der Waals surface area contributed by atoms with Crippen molar-refractivity contribution >= 4 is 53.6 Å². The molecule has 43 heavy (non-hydrogen) atoms. The predicted octanol–water partition coefficient (Wildman–Crippen LogP) is 1.47. The van der Waals surface area contributed by atoms with Gasteiger partial charge in [-0.1, -0.05) is 0 Å². The number of hydrogen-bond donors (Lipinski definition) is 6. The lowest BCUT2D eigenvalue weighted by molar-refractivity contribution is -0.116. The highest BCUT2D eigenvalue weighted by Gasteiger charge is 2.32. The molecule has 222 valence electrons. The number of nitrogen functional groups attached to an aromatic ring is 1. The van der Waals surface area contributed by atoms with Crippen LogP contribution in [0.3, 0.4) is 0 Å². The molecule has 0 aliphatic carbocycles. The van der Waals surface area contributed by atoms with Gasteiger partial charge in [-0.25, -0.2) is 38.8 Å². The summed E-state index contributed by atoms with van der Waals surface area (Å²) in [4.78, 5) is 50.1. The Kier molecular flexibility index (Phi) is 7.45. The second kappa shape index (κ2) is 11.5. The number of aliphatic hydroxyl groups excluding tert-OH is 1. The summed E-state index contributed by atoms with van der Waals surface area (Å²) < 4.78 is 26.0. The molecular formula is C24H25N12O6P. The van der Waals surface area contributed by atoms with Crippen LogP contribution in [0.15, 0.2) is 61.5 Å². The highest BCUT2D eigenvalue weighted by atomic mass is 31.2. The number of hydrogen-bond acceptors (Lipinski definition) is 13. The number of nitrogens with zero attached hydrogens (tertiary/aromatic N) is 8. The molecule has 0 fully saturated rings. The zero-order valence-electron chi connectivity index (χ0n) is 22.2. The number of nitrogens with two attached hydrogens (primary N) is 1. The Labute approximate surface area is 241 Å². The van der Waals surface area contributed by atoms with E-state index in [1.165, 1.54) is 37.5 Å². The van der Waals surface area contributed by atoms with Gasteiger partial charge in [0.1, 0.15) is 48.3 Å². The first-order valence-corrected chi connectivity index (χ1v) is 14.3. The van der Waals surface area contributed by atoms with Crippen LogP contribution in [0.4, 0.5) is 11.6 Å². The number of aliphatic hydroxyl groups is 1. The van der Waals surface area contributed by atoms with E-state index in [4.69, 9.17) is 15.0 Å². The van der Waals surface area contributed by atoms with Crippen LogP contribution in [0.5, 0.6) is 0 Å². The molecule has 7 N–H and O–H groups in total. The summed E-state index contributed by atoms with van der Waals surface area (Å²) in [6.45, 7) is 0.250. The molecule has 5 aromatic rings. The third-order valence-electron chi connectivity index (χ3n) is 6.45. The highest BCUT2D eigenvalue weighted by Crippen LogP contribution is 2.45. The number of aromatic nitrogens is 9. The monoisotopic (exact) mass is 608 g/mol. The number of nitrogens with one attached hydrogen (secondary N) is 3. The molecule has 2 atom stereocenters. The van der Waals surface area contributed by atoms with Crippen LogP contribution in [-0.2, 0) is 18.6 Å². The van der Waals surface area contributed by atoms with Crippen molar-refractivity contribution in [1.29, 1.82) is 0 Å². The summed E-state index contributed by atoms with van der Waals surface area (Å²) in [5.74, 6) is 0.241. The summed E-state index contributed by atoms with van der Waals surface area (Å²) in [7, 11) is -4.24. The lowest BCUT2D eigenvalue weighted by atomic mass is 10.2. The minimum absolute atomic E-state index is 0.0106. The molecule has 5 aromatic heterocycles. The normalized spacial score (nSPS) is 16.6. The molecule has 18 nitrogen and oxygen atoms in total. The van der Waals surface area contributed by atoms with Gasteiger partial charge in [-0.15, -0.1) is 0 Å². The van der Waals surface area contributed by atoms with E-state index in [2.05, 4.69) is 45.5 Å². The zero-order chi connectivity index (χ0) is 30.0. The Balaban J connectivity index is 1.10. The van der Waals surface area contributed by atoms with Crippen LogP contribution in [0.1, 0.15) is 18.2 Å². The second-order valence-electron chi connectivity index (χ2n) is 9.18. The molecule has 1 aliphatic heterocycles. The van der Waals surface area contributed by atoms with Crippen molar-refractivity contribution in [2.75, 3.05) is 30.7 Å². The largest absolute Gasteiger partial charge is 0.508 e. The smallest absolute Gasteiger partial charge is 0.437 e. The van der Waals surface area contributed by atoms with E-state index >= 15 is 0 Å². The lowest BCUT2D eigenvalue weighted by Crippen LogP contribution is -2.27. The molecule has 1 amide bonds. The first-order valence-electron chi connectivity index (χ1n) is 12.8. The minimum atomic E-state index is -4.24. The maximum atomic E-state index is 12.5. The molecule has 6 rings (SSSR count). The summed E-state index contributed by atoms with van der Waals surface area (Å²) in [5.41, 5.74) is 8.29. The summed E-state index contributed by atoms with van der Waals surface area (Å²) in [6.07, 6.45) is 11.8. The van der Waals surface area contributed by atoms with Gasteiger partial charge in [-0.2, -0.15) is 0 Å². The fraction of sp³-hybridized carbons (Fsp3) is 0.208. The van der Waals surface area contributed by atoms with Crippen LogP contribution in [-0.4, -0.2) is 79.4 Å². The fourth-order valence-corrected chi connectivity index (χ4v) is 5.25. The van der Waals surface area contributed by atoms with Gasteiger partial charge in [0, 0.05) is 43.3 Å². The quantitative estimate of drug-likeness (QED) is 0.0706. The van der Waals surface area contributed by atoms with Crippen LogP contribution in [0.25, 0.3) is 28.3 Å². The molecule has 0 saturated carbocycles. The van der Waals surface area contributed by atoms with E-state index in [-0.39, 0.29) is 29.7 Å². The molecule has 19 heteroatoms. The first-order chi connectivity index (χ1) is 20.8. The number of anilines is 2. The molecule has 0 spiro atoms. The maximum absolute atomic E-state index is 12.5. The molecule has 6 heterocycles. The number of H-pyrrole nitrogens is 1. The van der Waals surface area contributed by atoms with Gasteiger partial charge in [0.05, 0.1) is 18.1 Å². The van der Waals surface area contributed by atoms with E-state index in [0.717, 1.165) is 10.7 Å². The third kappa shape index (κ3) is 5.74. The number of carbonyl (C=O) groups is 1. The van der Waals surface area contributed by atoms with Gasteiger partial charge in [0.2, 0.25) is 5.91 Å². The van der Waals surface area contributed by atoms with Crippen LogP contribution in [0, 0.1) is 0 Å². The van der Waals surface area contributed by atoms with Gasteiger partial charge in [0.15, 0.2) is 23.5 Å². The van der Waals surface area contributed by atoms with Gasteiger partial charge in [-0.05, 0) is 6.08 Å². The minimum Gasteiger partial charge on any atom is -0.508 e. The fourth-order valence-electron chi connectivity index (χ4n) is 4.41. The van der Waals surface area contributed by atoms with Crippen molar-refractivity contribution in [3.05, 3.63) is 67.1 Å². The van der Waals surface area contributed by atoms with Crippen LogP contribution >= 0.6 is 7.75 Å². The van der Waals surface area contributed by atoms with Crippen molar-refractivity contribution in [2.24, 2.45) is 0 Å². The Morgan fingerprint density at radius 2 is 2.12 bits per heavy atom. The van der Waals surface area contributed by atoms with Crippen molar-refractivity contribution in [3.8, 4) is 0 Å². The van der Waals surface area contributed by atoms with E-state index < -0.39 is 20.6 Å². The number of fused-ring (bicyclic) bond motifs is 2. The molecular weight excluding hydrogens is 583 g/mol. The van der Waals surface area contributed by atoms with Crippen molar-refractivity contribution in [2.45, 2.75) is 12.6 Å². The standard InChI is InChI=1S/C24H25N12O6P/c25-21-19-14(1-2-17(38)27-3-4-28-22-20-23(31-10-29-20)33-12-32-22)8-36(24(19)34-11-30-21)18-7-15(37)16(42-18)9-41-43(39,40)35-6-5-26-13-35/h1-2,5-6,8,10-13,18,37H,3-4,7,9H2,(H,27,38)(H,39,40)(H2,25,30,34)(H2,28,29,31,32,33)/b2-1+/t18-/m1/s1. The second-order valence-corrected chi connectivity index (χ2v) is 10.9. The van der Waals surface area contributed by atoms with Crippen molar-refractivity contribution < 1.29 is 28.6 Å². The Morgan fingerprint density at radius 1 is 1.26 bits per heavy atom. The number of rotatable bonds is 11. The van der Waals surface area contributed by atoms with Gasteiger partial charge < -0.3 is 36.1 Å². The Hall–Kier alpha value is -5.32. The summed E-state index contributed by atoms with van der Waals surface area (Å²) in [6, 6.07) is 0. The van der Waals surface area contributed by atoms with Crippen molar-refractivity contribution in [3.63, 3.8) is 0 Å². The average molecular weight is 609 g/mol. The number of imidazole rings is 2. The molecule has 1 aliphatic rings. The summed E-state index contributed by atoms with van der Waals surface area (Å²) in [5, 5.41) is 16.9. The topological polar surface area (TPSA) is 246 Å². The Bertz CT molecular complexity index is 1900. The van der Waals surface area contributed by atoms with E-state index in [0.29, 0.717) is 46.7 Å². The van der Waals surface area contributed by atoms with Gasteiger partial charge in [0.25, 0.3) is 0 Å². The van der Waals surface area contributed by atoms with Gasteiger partial charge >= 0.3 is 7.75 Å². The molecule has 0 aromatic carbocycles. The number of amides is 1. The van der Waals surface area contributed by atoms with E-state index in [1.54, 1.807) is 16.8 Å².